The van der Waals surface area contributed by atoms with Gasteiger partial charge in [0, 0.05) is 24.5 Å². The number of amides is 1. The number of aliphatic hydroxyl groups excluding tert-OH is 1. The number of pyridine rings is 1. The summed E-state index contributed by atoms with van der Waals surface area (Å²) < 4.78 is 0. The topological polar surface area (TPSA) is 70.5 Å². The van der Waals surface area contributed by atoms with E-state index in [1.807, 2.05) is 39.0 Å². The van der Waals surface area contributed by atoms with E-state index in [-0.39, 0.29) is 17.3 Å². The predicted molar refractivity (Wildman–Crippen MR) is 99.3 cm³/mol. The van der Waals surface area contributed by atoms with Crippen molar-refractivity contribution in [3.05, 3.63) is 71.1 Å². The molecule has 1 amide bonds. The molecule has 2 heterocycles. The number of aromatic nitrogens is 1. The minimum atomic E-state index is -0.655. The van der Waals surface area contributed by atoms with Crippen molar-refractivity contribution in [2.24, 2.45) is 5.92 Å². The molecule has 1 atom stereocenters. The second kappa shape index (κ2) is 7.12. The summed E-state index contributed by atoms with van der Waals surface area (Å²) in [6.07, 6.45) is 3.27. The highest BCUT2D eigenvalue weighted by atomic mass is 16.3. The van der Waals surface area contributed by atoms with Gasteiger partial charge in [0.15, 0.2) is 0 Å². The molecule has 1 N–H and O–H groups in total. The first kappa shape index (κ1) is 17.9. The first-order valence-electron chi connectivity index (χ1n) is 8.65. The van der Waals surface area contributed by atoms with Gasteiger partial charge in [0.25, 0.3) is 11.7 Å². The molecule has 1 aliphatic rings. The van der Waals surface area contributed by atoms with Crippen LogP contribution in [-0.2, 0) is 9.59 Å². The minimum absolute atomic E-state index is 0.118. The molecule has 2 aromatic rings. The van der Waals surface area contributed by atoms with Crippen LogP contribution < -0.4 is 0 Å². The molecule has 1 saturated heterocycles. The van der Waals surface area contributed by atoms with Gasteiger partial charge < -0.3 is 10.0 Å². The summed E-state index contributed by atoms with van der Waals surface area (Å²) in [4.78, 5) is 31.0. The number of benzene rings is 1. The fourth-order valence-corrected chi connectivity index (χ4v) is 3.21. The van der Waals surface area contributed by atoms with Crippen molar-refractivity contribution < 1.29 is 14.7 Å². The Balaban J connectivity index is 2.17. The Hall–Kier alpha value is -2.95. The van der Waals surface area contributed by atoms with Gasteiger partial charge in [-0.1, -0.05) is 49.7 Å². The number of Topliss-reactive ketones (excluding diaryl/α,β-unsaturated/α-hetero) is 1. The van der Waals surface area contributed by atoms with Gasteiger partial charge in [0.05, 0.1) is 11.6 Å². The lowest BCUT2D eigenvalue weighted by Gasteiger charge is -2.26. The zero-order valence-electron chi connectivity index (χ0n) is 15.1. The van der Waals surface area contributed by atoms with Gasteiger partial charge in [0.2, 0.25) is 0 Å². The van der Waals surface area contributed by atoms with Gasteiger partial charge in [-0.3, -0.25) is 14.6 Å². The lowest BCUT2D eigenvalue weighted by atomic mass is 9.96. The molecule has 0 aliphatic carbocycles. The van der Waals surface area contributed by atoms with Crippen LogP contribution in [0.15, 0.2) is 54.4 Å². The molecule has 0 spiro atoms. The Morgan fingerprint density at radius 3 is 2.46 bits per heavy atom. The molecular weight excluding hydrogens is 328 g/mol. The summed E-state index contributed by atoms with van der Waals surface area (Å²) in [5.74, 6) is -1.20. The highest BCUT2D eigenvalue weighted by Crippen LogP contribution is 2.39. The maximum atomic E-state index is 12.7. The molecule has 0 bridgehead atoms. The van der Waals surface area contributed by atoms with E-state index in [1.54, 1.807) is 30.6 Å². The van der Waals surface area contributed by atoms with Crippen LogP contribution in [0.1, 0.15) is 36.6 Å². The summed E-state index contributed by atoms with van der Waals surface area (Å²) >= 11 is 0. The number of carbonyl (C=O) groups is 2. The van der Waals surface area contributed by atoms with Gasteiger partial charge in [-0.25, -0.2) is 0 Å². The zero-order valence-corrected chi connectivity index (χ0v) is 15.1. The van der Waals surface area contributed by atoms with Crippen molar-refractivity contribution in [2.75, 3.05) is 6.54 Å². The summed E-state index contributed by atoms with van der Waals surface area (Å²) in [7, 11) is 0. The molecule has 1 aromatic heterocycles. The quantitative estimate of drug-likeness (QED) is 0.521. The molecule has 1 fully saturated rings. The summed E-state index contributed by atoms with van der Waals surface area (Å²) in [5, 5.41) is 10.8. The molecule has 3 rings (SSSR count). The first-order chi connectivity index (χ1) is 12.4. The second-order valence-electron chi connectivity index (χ2n) is 7.00. The number of carbonyl (C=O) groups excluding carboxylic acids is 2. The van der Waals surface area contributed by atoms with E-state index in [2.05, 4.69) is 4.98 Å². The molecule has 0 radical (unpaired) electrons. The summed E-state index contributed by atoms with van der Waals surface area (Å²) in [6, 6.07) is 10.2. The van der Waals surface area contributed by atoms with E-state index in [0.29, 0.717) is 17.7 Å². The standard InChI is InChI=1S/C21H22N2O3/c1-13(2)12-23-18(16-5-4-10-22-11-16)17(20(25)21(23)26)19(24)15-8-6-14(3)7-9-15/h4-11,13,18,24H,12H2,1-3H3/b19-17-. The number of nitrogens with zero attached hydrogens (tertiary/aromatic N) is 2. The SMILES string of the molecule is Cc1ccc(/C(O)=C2/C(=O)C(=O)N(CC(C)C)C2c2cccnc2)cc1. The van der Waals surface area contributed by atoms with E-state index in [4.69, 9.17) is 0 Å². The van der Waals surface area contributed by atoms with Crippen LogP contribution in [0.2, 0.25) is 0 Å². The second-order valence-corrected chi connectivity index (χ2v) is 7.00. The van der Waals surface area contributed by atoms with Crippen molar-refractivity contribution in [3.63, 3.8) is 0 Å². The minimum Gasteiger partial charge on any atom is -0.507 e. The van der Waals surface area contributed by atoms with E-state index in [0.717, 1.165) is 5.56 Å². The summed E-state index contributed by atoms with van der Waals surface area (Å²) in [5.41, 5.74) is 2.39. The average molecular weight is 350 g/mol. The number of rotatable bonds is 4. The maximum absolute atomic E-state index is 12.7. The maximum Gasteiger partial charge on any atom is 0.295 e. The number of hydrogen-bond donors (Lipinski definition) is 1. The van der Waals surface area contributed by atoms with Gasteiger partial charge in [-0.15, -0.1) is 0 Å². The van der Waals surface area contributed by atoms with Crippen molar-refractivity contribution in [1.29, 1.82) is 0 Å². The molecular formula is C21H22N2O3. The first-order valence-corrected chi connectivity index (χ1v) is 8.65. The number of likely N-dealkylation sites (tertiary alicyclic amines) is 1. The Labute approximate surface area is 153 Å². The van der Waals surface area contributed by atoms with Gasteiger partial charge in [-0.05, 0) is 24.5 Å². The molecule has 5 heteroatoms. The monoisotopic (exact) mass is 350 g/mol. The van der Waals surface area contributed by atoms with Crippen molar-refractivity contribution in [3.8, 4) is 0 Å². The Bertz CT molecular complexity index is 855. The van der Waals surface area contributed by atoms with E-state index in [1.165, 1.54) is 4.90 Å². The molecule has 134 valence electrons. The van der Waals surface area contributed by atoms with Crippen LogP contribution in [0.3, 0.4) is 0 Å². The normalized spacial score (nSPS) is 19.4. The highest BCUT2D eigenvalue weighted by Gasteiger charge is 2.46. The van der Waals surface area contributed by atoms with Crippen LogP contribution in [0.25, 0.3) is 5.76 Å². The zero-order chi connectivity index (χ0) is 18.8. The van der Waals surface area contributed by atoms with Gasteiger partial charge in [0.1, 0.15) is 5.76 Å². The highest BCUT2D eigenvalue weighted by molar-refractivity contribution is 6.46. The Morgan fingerprint density at radius 2 is 1.88 bits per heavy atom. The number of aliphatic hydroxyl groups is 1. The molecule has 1 aromatic carbocycles. The lowest BCUT2D eigenvalue weighted by Crippen LogP contribution is -2.33. The molecule has 26 heavy (non-hydrogen) atoms. The van der Waals surface area contributed by atoms with Crippen LogP contribution in [-0.4, -0.2) is 33.2 Å². The van der Waals surface area contributed by atoms with Crippen molar-refractivity contribution in [1.82, 2.24) is 9.88 Å². The third-order valence-electron chi connectivity index (χ3n) is 4.43. The largest absolute Gasteiger partial charge is 0.507 e. The fourth-order valence-electron chi connectivity index (χ4n) is 3.21. The van der Waals surface area contributed by atoms with E-state index in [9.17, 15) is 14.7 Å². The lowest BCUT2D eigenvalue weighted by molar-refractivity contribution is -0.140. The third kappa shape index (κ3) is 3.25. The smallest absolute Gasteiger partial charge is 0.295 e. The number of hydrogen-bond acceptors (Lipinski definition) is 4. The van der Waals surface area contributed by atoms with Crippen LogP contribution in [0, 0.1) is 12.8 Å². The van der Waals surface area contributed by atoms with Crippen LogP contribution in [0.5, 0.6) is 0 Å². The number of aryl methyl sites for hydroxylation is 1. The molecule has 1 unspecified atom stereocenters. The third-order valence-corrected chi connectivity index (χ3v) is 4.43. The Morgan fingerprint density at radius 1 is 1.19 bits per heavy atom. The van der Waals surface area contributed by atoms with E-state index >= 15 is 0 Å². The number of ketones is 1. The molecule has 0 saturated carbocycles. The predicted octanol–water partition coefficient (Wildman–Crippen LogP) is 3.47. The van der Waals surface area contributed by atoms with E-state index < -0.39 is 17.7 Å². The molecule has 5 nitrogen and oxygen atoms in total. The van der Waals surface area contributed by atoms with Gasteiger partial charge >= 0.3 is 0 Å². The molecule has 1 aliphatic heterocycles. The van der Waals surface area contributed by atoms with Crippen LogP contribution in [0.4, 0.5) is 0 Å². The average Bonchev–Trinajstić information content (AvgIpc) is 2.87. The van der Waals surface area contributed by atoms with Crippen molar-refractivity contribution in [2.45, 2.75) is 26.8 Å². The van der Waals surface area contributed by atoms with Gasteiger partial charge in [-0.2, -0.15) is 0 Å². The fraction of sp³-hybridized carbons (Fsp3) is 0.286. The summed E-state index contributed by atoms with van der Waals surface area (Å²) in [6.45, 7) is 6.34. The van der Waals surface area contributed by atoms with Crippen LogP contribution >= 0.6 is 0 Å². The Kier molecular flexibility index (Phi) is 4.89. The van der Waals surface area contributed by atoms with Crippen molar-refractivity contribution >= 4 is 17.4 Å².